The second-order valence-corrected chi connectivity index (χ2v) is 11.2. The highest BCUT2D eigenvalue weighted by Gasteiger charge is 2.34. The maximum atomic E-state index is 13.4. The molecule has 9 heteroatoms. The number of esters is 1. The van der Waals surface area contributed by atoms with Gasteiger partial charge in [0, 0.05) is 18.1 Å². The second kappa shape index (κ2) is 11.4. The predicted octanol–water partition coefficient (Wildman–Crippen LogP) is 4.31. The number of hydrogen-bond donors (Lipinski definition) is 2. The molecule has 9 nitrogen and oxygen atoms in total. The van der Waals surface area contributed by atoms with Gasteiger partial charge in [-0.3, -0.25) is 24.2 Å². The number of hydrogen-bond acceptors (Lipinski definition) is 6. The molecule has 4 rings (SSSR count). The number of benzene rings is 1. The van der Waals surface area contributed by atoms with Crippen LogP contribution in [0.3, 0.4) is 0 Å². The lowest BCUT2D eigenvalue weighted by atomic mass is 9.89. The third-order valence-electron chi connectivity index (χ3n) is 6.84. The summed E-state index contributed by atoms with van der Waals surface area (Å²) in [7, 11) is 0. The first-order chi connectivity index (χ1) is 18.4. The molecule has 0 bridgehead atoms. The zero-order chi connectivity index (χ0) is 28.3. The fourth-order valence-electron chi connectivity index (χ4n) is 5.01. The highest BCUT2D eigenvalue weighted by Crippen LogP contribution is 2.34. The van der Waals surface area contributed by atoms with E-state index in [0.29, 0.717) is 24.3 Å². The van der Waals surface area contributed by atoms with Gasteiger partial charge in [0.25, 0.3) is 0 Å². The quantitative estimate of drug-likeness (QED) is 0.373. The van der Waals surface area contributed by atoms with Crippen LogP contribution in [-0.2, 0) is 32.0 Å². The average Bonchev–Trinajstić information content (AvgIpc) is 2.87. The van der Waals surface area contributed by atoms with E-state index in [0.717, 1.165) is 34.9 Å². The van der Waals surface area contributed by atoms with Crippen molar-refractivity contribution in [1.29, 1.82) is 0 Å². The Hall–Kier alpha value is -4.01. The van der Waals surface area contributed by atoms with Crippen LogP contribution >= 0.6 is 0 Å². The molecule has 206 valence electrons. The molecule has 0 saturated carbocycles. The van der Waals surface area contributed by atoms with Crippen LogP contribution in [0.1, 0.15) is 70.3 Å². The van der Waals surface area contributed by atoms with Crippen LogP contribution in [0.25, 0.3) is 10.9 Å². The fraction of sp³-hybridized carbons (Fsp3) is 0.433. The molecule has 1 aliphatic rings. The average molecular weight is 533 g/mol. The Kier molecular flexibility index (Phi) is 8.18. The van der Waals surface area contributed by atoms with Crippen LogP contribution in [0.5, 0.6) is 0 Å². The number of amides is 2. The van der Waals surface area contributed by atoms with Gasteiger partial charge in [-0.2, -0.15) is 0 Å². The van der Waals surface area contributed by atoms with E-state index in [1.165, 1.54) is 12.3 Å². The van der Waals surface area contributed by atoms with Crippen molar-refractivity contribution in [3.05, 3.63) is 69.8 Å². The predicted molar refractivity (Wildman–Crippen MR) is 149 cm³/mol. The number of aryl methyl sites for hydroxylation is 1. The minimum Gasteiger partial charge on any atom is -0.460 e. The SMILES string of the molecule is CCc1cc(NC(=O)C(=O)N2C[C@@H](C)CC[C@@H]2c2ccc3[nH]c(=O)ccc3c2)cnc1CC(=O)OC(C)(C)C. The van der Waals surface area contributed by atoms with Crippen LogP contribution in [0, 0.1) is 5.92 Å². The number of H-pyrrole nitrogens is 1. The lowest BCUT2D eigenvalue weighted by Crippen LogP contribution is -2.46. The lowest BCUT2D eigenvalue weighted by Gasteiger charge is -2.38. The Bertz CT molecular complexity index is 1460. The minimum atomic E-state index is -0.733. The standard InChI is InChI=1S/C30H36N4O5/c1-6-19-14-22(16-31-24(19)15-27(36)39-30(3,4)5)32-28(37)29(38)34-17-18(2)7-11-25(34)21-8-10-23-20(13-21)9-12-26(35)33-23/h8-10,12-14,16,18,25H,6-7,11,15,17H2,1-5H3,(H,32,37)(H,33,35)/t18-,25+/m0/s1. The first-order valence-corrected chi connectivity index (χ1v) is 13.4. The summed E-state index contributed by atoms with van der Waals surface area (Å²) in [4.78, 5) is 59.3. The van der Waals surface area contributed by atoms with E-state index < -0.39 is 17.4 Å². The number of anilines is 1. The number of likely N-dealkylation sites (tertiary alicyclic amines) is 1. The van der Waals surface area contributed by atoms with Gasteiger partial charge in [-0.05, 0) is 86.7 Å². The molecule has 2 atom stereocenters. The van der Waals surface area contributed by atoms with Crippen molar-refractivity contribution in [3.63, 3.8) is 0 Å². The van der Waals surface area contributed by atoms with Gasteiger partial charge >= 0.3 is 17.8 Å². The molecule has 2 aromatic heterocycles. The number of aromatic amines is 1. The Balaban J connectivity index is 1.51. The first-order valence-electron chi connectivity index (χ1n) is 13.4. The first kappa shape index (κ1) is 28.0. The minimum absolute atomic E-state index is 0.0284. The third kappa shape index (κ3) is 6.90. The molecule has 0 spiro atoms. The van der Waals surface area contributed by atoms with Crippen LogP contribution in [0.4, 0.5) is 5.69 Å². The Morgan fingerprint density at radius 1 is 1.13 bits per heavy atom. The normalized spacial score (nSPS) is 17.6. The summed E-state index contributed by atoms with van der Waals surface area (Å²) >= 11 is 0. The summed E-state index contributed by atoms with van der Waals surface area (Å²) in [6, 6.07) is 10.4. The summed E-state index contributed by atoms with van der Waals surface area (Å²) in [5.74, 6) is -1.45. The van der Waals surface area contributed by atoms with Crippen molar-refractivity contribution < 1.29 is 19.1 Å². The summed E-state index contributed by atoms with van der Waals surface area (Å²) in [6.07, 6.45) is 3.76. The zero-order valence-corrected chi connectivity index (χ0v) is 23.2. The zero-order valence-electron chi connectivity index (χ0n) is 23.2. The molecule has 0 radical (unpaired) electrons. The summed E-state index contributed by atoms with van der Waals surface area (Å²) < 4.78 is 5.40. The number of nitrogens with one attached hydrogen (secondary N) is 2. The molecule has 1 aliphatic heterocycles. The van der Waals surface area contributed by atoms with Gasteiger partial charge in [0.1, 0.15) is 5.60 Å². The van der Waals surface area contributed by atoms with E-state index in [4.69, 9.17) is 4.74 Å². The molecule has 2 amide bonds. The Morgan fingerprint density at radius 3 is 2.62 bits per heavy atom. The molecule has 1 fully saturated rings. The molecular formula is C30H36N4O5. The van der Waals surface area contributed by atoms with Crippen molar-refractivity contribution in [2.75, 3.05) is 11.9 Å². The number of piperidine rings is 1. The van der Waals surface area contributed by atoms with Gasteiger partial charge in [-0.25, -0.2) is 0 Å². The van der Waals surface area contributed by atoms with Gasteiger partial charge in [-0.1, -0.05) is 19.9 Å². The highest BCUT2D eigenvalue weighted by molar-refractivity contribution is 6.39. The Labute approximate surface area is 228 Å². The molecule has 0 unspecified atom stereocenters. The molecule has 0 aliphatic carbocycles. The van der Waals surface area contributed by atoms with E-state index in [2.05, 4.69) is 22.2 Å². The monoisotopic (exact) mass is 532 g/mol. The number of fused-ring (bicyclic) bond motifs is 1. The highest BCUT2D eigenvalue weighted by atomic mass is 16.6. The van der Waals surface area contributed by atoms with Crippen molar-refractivity contribution in [2.24, 2.45) is 5.92 Å². The molecular weight excluding hydrogens is 496 g/mol. The van der Waals surface area contributed by atoms with Crippen molar-refractivity contribution in [3.8, 4) is 0 Å². The molecule has 1 saturated heterocycles. The van der Waals surface area contributed by atoms with E-state index >= 15 is 0 Å². The number of ether oxygens (including phenoxy) is 1. The van der Waals surface area contributed by atoms with Crippen LogP contribution < -0.4 is 10.9 Å². The van der Waals surface area contributed by atoms with Gasteiger partial charge in [0.15, 0.2) is 0 Å². The second-order valence-electron chi connectivity index (χ2n) is 11.2. The summed E-state index contributed by atoms with van der Waals surface area (Å²) in [5.41, 5.74) is 2.66. The van der Waals surface area contributed by atoms with Gasteiger partial charge in [0.05, 0.1) is 30.0 Å². The third-order valence-corrected chi connectivity index (χ3v) is 6.84. The van der Waals surface area contributed by atoms with Gasteiger partial charge in [-0.15, -0.1) is 0 Å². The number of nitrogens with zero attached hydrogens (tertiary/aromatic N) is 2. The van der Waals surface area contributed by atoms with Crippen molar-refractivity contribution in [1.82, 2.24) is 14.9 Å². The Morgan fingerprint density at radius 2 is 1.90 bits per heavy atom. The summed E-state index contributed by atoms with van der Waals surface area (Å²) in [6.45, 7) is 9.90. The van der Waals surface area contributed by atoms with Gasteiger partial charge in [0.2, 0.25) is 5.56 Å². The van der Waals surface area contributed by atoms with E-state index in [-0.39, 0.29) is 29.9 Å². The van der Waals surface area contributed by atoms with Crippen LogP contribution in [-0.4, -0.2) is 44.8 Å². The summed E-state index contributed by atoms with van der Waals surface area (Å²) in [5, 5.41) is 3.57. The molecule has 1 aromatic carbocycles. The molecule has 3 aromatic rings. The molecule has 3 heterocycles. The van der Waals surface area contributed by atoms with E-state index in [1.807, 2.05) is 45.9 Å². The lowest BCUT2D eigenvalue weighted by molar-refractivity contribution is -0.154. The van der Waals surface area contributed by atoms with Crippen molar-refractivity contribution >= 4 is 34.4 Å². The topological polar surface area (TPSA) is 121 Å². The molecule has 39 heavy (non-hydrogen) atoms. The fourth-order valence-corrected chi connectivity index (χ4v) is 5.01. The van der Waals surface area contributed by atoms with Crippen LogP contribution in [0.15, 0.2) is 47.4 Å². The largest absolute Gasteiger partial charge is 0.460 e. The maximum absolute atomic E-state index is 13.4. The van der Waals surface area contributed by atoms with Crippen LogP contribution in [0.2, 0.25) is 0 Å². The van der Waals surface area contributed by atoms with E-state index in [9.17, 15) is 19.2 Å². The molecule has 2 N–H and O–H groups in total. The van der Waals surface area contributed by atoms with Crippen molar-refractivity contribution in [2.45, 2.75) is 71.9 Å². The maximum Gasteiger partial charge on any atom is 0.313 e. The number of carbonyl (C=O) groups is 3. The smallest absolute Gasteiger partial charge is 0.313 e. The number of aromatic nitrogens is 2. The number of rotatable bonds is 5. The van der Waals surface area contributed by atoms with E-state index in [1.54, 1.807) is 17.0 Å². The number of pyridine rings is 2. The number of carbonyl (C=O) groups excluding carboxylic acids is 3. The van der Waals surface area contributed by atoms with Gasteiger partial charge < -0.3 is 19.9 Å².